The van der Waals surface area contributed by atoms with E-state index in [1.807, 2.05) is 30.3 Å². The number of hydrogen-bond acceptors (Lipinski definition) is 5. The Morgan fingerprint density at radius 2 is 1.90 bits per heavy atom. The summed E-state index contributed by atoms with van der Waals surface area (Å²) in [4.78, 5) is 4.63. The van der Waals surface area contributed by atoms with Crippen LogP contribution in [0.5, 0.6) is 11.8 Å². The summed E-state index contributed by atoms with van der Waals surface area (Å²) in [5.74, 6) is 0.731. The van der Waals surface area contributed by atoms with Crippen molar-refractivity contribution < 1.29 is 13.9 Å². The second-order valence-electron chi connectivity index (χ2n) is 8.06. The topological polar surface area (TPSA) is 61.2 Å². The molecule has 29 heavy (non-hydrogen) atoms. The lowest BCUT2D eigenvalue weighted by Gasteiger charge is -2.29. The Hall–Kier alpha value is -2.93. The highest BCUT2D eigenvalue weighted by atomic mass is 19.1. The predicted octanol–water partition coefficient (Wildman–Crippen LogP) is 3.63. The number of nitrogens with one attached hydrogen (secondary N) is 1. The van der Waals surface area contributed by atoms with E-state index in [0.717, 1.165) is 35.2 Å². The first-order chi connectivity index (χ1) is 14.2. The SMILES string of the molecule is Fc1ccn(-c2ccc3c(c2)COc2nc(OC4C[C@H]5CC[C@@H](C4)N5)ccc2-3)n1. The summed E-state index contributed by atoms with van der Waals surface area (Å²) < 4.78 is 26.9. The van der Waals surface area contributed by atoms with Gasteiger partial charge in [0.2, 0.25) is 17.7 Å². The third-order valence-electron chi connectivity index (χ3n) is 6.12. The largest absolute Gasteiger partial charge is 0.474 e. The van der Waals surface area contributed by atoms with Crippen molar-refractivity contribution in [3.8, 4) is 28.6 Å². The van der Waals surface area contributed by atoms with Gasteiger partial charge in [0.1, 0.15) is 12.7 Å². The van der Waals surface area contributed by atoms with Gasteiger partial charge in [-0.05, 0) is 55.0 Å². The van der Waals surface area contributed by atoms with Crippen LogP contribution < -0.4 is 14.8 Å². The first-order valence-electron chi connectivity index (χ1n) is 10.1. The highest BCUT2D eigenvalue weighted by Crippen LogP contribution is 2.39. The van der Waals surface area contributed by atoms with Crippen molar-refractivity contribution >= 4 is 0 Å². The fourth-order valence-electron chi connectivity index (χ4n) is 4.77. The van der Waals surface area contributed by atoms with Crippen LogP contribution in [0.15, 0.2) is 42.6 Å². The lowest BCUT2D eigenvalue weighted by atomic mass is 9.98. The summed E-state index contributed by atoms with van der Waals surface area (Å²) in [6, 6.07) is 12.4. The number of fused-ring (bicyclic) bond motifs is 5. The lowest BCUT2D eigenvalue weighted by molar-refractivity contribution is 0.130. The molecule has 3 aliphatic heterocycles. The Bertz CT molecular complexity index is 1070. The van der Waals surface area contributed by atoms with Crippen molar-refractivity contribution in [2.24, 2.45) is 0 Å². The average Bonchev–Trinajstić information content (AvgIpc) is 3.32. The Labute approximate surface area is 167 Å². The molecule has 5 heterocycles. The minimum Gasteiger partial charge on any atom is -0.474 e. The minimum absolute atomic E-state index is 0.215. The molecule has 2 fully saturated rings. The molecule has 0 spiro atoms. The molecule has 2 aromatic heterocycles. The van der Waals surface area contributed by atoms with E-state index in [9.17, 15) is 4.39 Å². The van der Waals surface area contributed by atoms with Crippen LogP contribution in [0, 0.1) is 5.95 Å². The fourth-order valence-corrected chi connectivity index (χ4v) is 4.77. The molecule has 0 radical (unpaired) electrons. The van der Waals surface area contributed by atoms with Crippen LogP contribution in [0.4, 0.5) is 4.39 Å². The maximum absolute atomic E-state index is 13.2. The first-order valence-corrected chi connectivity index (χ1v) is 10.1. The Morgan fingerprint density at radius 3 is 2.69 bits per heavy atom. The zero-order chi connectivity index (χ0) is 19.4. The molecule has 1 N–H and O–H groups in total. The summed E-state index contributed by atoms with van der Waals surface area (Å²) >= 11 is 0. The second kappa shape index (κ2) is 6.56. The van der Waals surface area contributed by atoms with Crippen molar-refractivity contribution in [3.63, 3.8) is 0 Å². The predicted molar refractivity (Wildman–Crippen MR) is 105 cm³/mol. The minimum atomic E-state index is -0.497. The number of benzene rings is 1. The molecule has 0 amide bonds. The third kappa shape index (κ3) is 3.06. The monoisotopic (exact) mass is 392 g/mol. The maximum atomic E-state index is 13.2. The van der Waals surface area contributed by atoms with Gasteiger partial charge >= 0.3 is 0 Å². The summed E-state index contributed by atoms with van der Waals surface area (Å²) in [5, 5.41) is 7.46. The molecule has 6 rings (SSSR count). The molecule has 7 heteroatoms. The normalized spacial score (nSPS) is 24.5. The number of halogens is 1. The van der Waals surface area contributed by atoms with Crippen molar-refractivity contribution in [2.75, 3.05) is 0 Å². The van der Waals surface area contributed by atoms with Crippen LogP contribution in [0.1, 0.15) is 31.2 Å². The van der Waals surface area contributed by atoms with Crippen LogP contribution in [0.2, 0.25) is 0 Å². The van der Waals surface area contributed by atoms with Gasteiger partial charge in [0.15, 0.2) is 0 Å². The van der Waals surface area contributed by atoms with E-state index in [1.54, 1.807) is 6.20 Å². The first kappa shape index (κ1) is 17.0. The van der Waals surface area contributed by atoms with Crippen LogP contribution in [-0.2, 0) is 6.61 Å². The molecule has 3 aliphatic rings. The summed E-state index contributed by atoms with van der Waals surface area (Å²) in [6.45, 7) is 0.411. The molecular formula is C22H21FN4O2. The zero-order valence-electron chi connectivity index (χ0n) is 15.8. The van der Waals surface area contributed by atoms with Crippen molar-refractivity contribution in [1.82, 2.24) is 20.1 Å². The Kier molecular flexibility index (Phi) is 3.84. The number of ether oxygens (including phenoxy) is 2. The van der Waals surface area contributed by atoms with E-state index in [1.165, 1.54) is 23.6 Å². The van der Waals surface area contributed by atoms with E-state index in [4.69, 9.17) is 9.47 Å². The van der Waals surface area contributed by atoms with Crippen LogP contribution in [-0.4, -0.2) is 33.0 Å². The molecule has 2 saturated heterocycles. The van der Waals surface area contributed by atoms with Gasteiger partial charge in [-0.15, -0.1) is 5.10 Å². The Balaban J connectivity index is 1.26. The molecule has 2 bridgehead atoms. The van der Waals surface area contributed by atoms with E-state index < -0.39 is 5.95 Å². The molecule has 148 valence electrons. The molecule has 3 atom stereocenters. The smallest absolute Gasteiger partial charge is 0.233 e. The van der Waals surface area contributed by atoms with E-state index in [0.29, 0.717) is 30.5 Å². The summed E-state index contributed by atoms with van der Waals surface area (Å²) in [5.41, 5.74) is 3.84. The van der Waals surface area contributed by atoms with Gasteiger partial charge in [-0.2, -0.15) is 9.37 Å². The number of hydrogen-bond donors (Lipinski definition) is 1. The molecule has 0 saturated carbocycles. The number of nitrogens with zero attached hydrogens (tertiary/aromatic N) is 3. The number of aromatic nitrogens is 3. The van der Waals surface area contributed by atoms with E-state index in [2.05, 4.69) is 15.4 Å². The van der Waals surface area contributed by atoms with Crippen molar-refractivity contribution in [1.29, 1.82) is 0 Å². The highest BCUT2D eigenvalue weighted by Gasteiger charge is 2.34. The maximum Gasteiger partial charge on any atom is 0.233 e. The molecule has 1 unspecified atom stereocenters. The van der Waals surface area contributed by atoms with Crippen LogP contribution >= 0.6 is 0 Å². The van der Waals surface area contributed by atoms with Crippen molar-refractivity contribution in [3.05, 3.63) is 54.1 Å². The second-order valence-corrected chi connectivity index (χ2v) is 8.06. The molecule has 1 aromatic carbocycles. The van der Waals surface area contributed by atoms with Crippen molar-refractivity contribution in [2.45, 2.75) is 50.5 Å². The van der Waals surface area contributed by atoms with Gasteiger partial charge in [0.25, 0.3) is 0 Å². The summed E-state index contributed by atoms with van der Waals surface area (Å²) in [7, 11) is 0. The molecule has 6 nitrogen and oxygen atoms in total. The fraction of sp³-hybridized carbons (Fsp3) is 0.364. The standard InChI is InChI=1S/C22H21FN4O2/c23-20-7-8-27(26-20)16-3-4-18-13(9-16)12-28-22-19(18)5-6-21(25-22)29-17-10-14-1-2-15(11-17)24-14/h3-9,14-15,17,24H,1-2,10-12H2/t14-,15+,17?. The van der Waals surface area contributed by atoms with Gasteiger partial charge in [0.05, 0.1) is 5.69 Å². The number of pyridine rings is 1. The van der Waals surface area contributed by atoms with E-state index >= 15 is 0 Å². The van der Waals surface area contributed by atoms with E-state index in [-0.39, 0.29) is 6.10 Å². The molecule has 3 aromatic rings. The zero-order valence-corrected chi connectivity index (χ0v) is 15.8. The van der Waals surface area contributed by atoms with Gasteiger partial charge in [0, 0.05) is 36.0 Å². The van der Waals surface area contributed by atoms with Gasteiger partial charge < -0.3 is 14.8 Å². The number of piperidine rings is 1. The van der Waals surface area contributed by atoms with Crippen LogP contribution in [0.25, 0.3) is 16.8 Å². The number of rotatable bonds is 3. The quantitative estimate of drug-likeness (QED) is 0.738. The van der Waals surface area contributed by atoms with Gasteiger partial charge in [-0.1, -0.05) is 6.07 Å². The lowest BCUT2D eigenvalue weighted by Crippen LogP contribution is -2.42. The highest BCUT2D eigenvalue weighted by molar-refractivity contribution is 5.74. The average molecular weight is 392 g/mol. The molecule has 0 aliphatic carbocycles. The van der Waals surface area contributed by atoms with Gasteiger partial charge in [-0.25, -0.2) is 4.68 Å². The third-order valence-corrected chi connectivity index (χ3v) is 6.12. The van der Waals surface area contributed by atoms with Crippen LogP contribution in [0.3, 0.4) is 0 Å². The summed E-state index contributed by atoms with van der Waals surface area (Å²) in [6.07, 6.45) is 6.38. The van der Waals surface area contributed by atoms with Gasteiger partial charge in [-0.3, -0.25) is 0 Å². The molecular weight excluding hydrogens is 371 g/mol. The Morgan fingerprint density at radius 1 is 1.07 bits per heavy atom.